The number of para-hydroxylation sites is 2. The van der Waals surface area contributed by atoms with Crippen LogP contribution in [0, 0.1) is 6.92 Å². The molecule has 0 aliphatic heterocycles. The van der Waals surface area contributed by atoms with Gasteiger partial charge in [-0.3, -0.25) is 9.59 Å². The van der Waals surface area contributed by atoms with E-state index in [-0.39, 0.29) is 24.0 Å². The van der Waals surface area contributed by atoms with Crippen LogP contribution in [0.1, 0.15) is 55.0 Å². The lowest BCUT2D eigenvalue weighted by Crippen LogP contribution is -2.25. The molecular weight excluding hydrogens is 580 g/mol. The zero-order valence-corrected chi connectivity index (χ0v) is 23.8. The summed E-state index contributed by atoms with van der Waals surface area (Å²) in [6, 6.07) is 18.2. The van der Waals surface area contributed by atoms with Crippen LogP contribution in [0.15, 0.2) is 75.0 Å². The second-order valence-corrected chi connectivity index (χ2v) is 10.9. The average molecular weight is 608 g/mol. The number of amides is 1. The summed E-state index contributed by atoms with van der Waals surface area (Å²) in [6.07, 6.45) is 6.85. The van der Waals surface area contributed by atoms with Crippen molar-refractivity contribution in [2.24, 2.45) is 5.10 Å². The third kappa shape index (κ3) is 6.23. The molecule has 0 bridgehead atoms. The van der Waals surface area contributed by atoms with E-state index in [4.69, 9.17) is 21.3 Å². The van der Waals surface area contributed by atoms with Crippen LogP contribution in [0.2, 0.25) is 5.02 Å². The Morgan fingerprint density at radius 2 is 1.90 bits per heavy atom. The smallest absolute Gasteiger partial charge is 0.282 e. The molecule has 1 fully saturated rings. The molecule has 0 saturated heterocycles. The molecule has 4 aromatic rings. The van der Waals surface area contributed by atoms with Gasteiger partial charge in [0.2, 0.25) is 0 Å². The number of nitrogens with one attached hydrogen (secondary N) is 1. The topological polar surface area (TPSA) is 85.6 Å². The van der Waals surface area contributed by atoms with E-state index in [1.165, 1.54) is 17.3 Å². The molecular formula is C30H28BrClN4O3. The van der Waals surface area contributed by atoms with E-state index < -0.39 is 0 Å². The summed E-state index contributed by atoms with van der Waals surface area (Å²) in [5, 5.41) is 8.43. The number of benzene rings is 3. The molecule has 1 amide bonds. The van der Waals surface area contributed by atoms with Gasteiger partial charge in [-0.15, -0.1) is 0 Å². The first-order valence-corrected chi connectivity index (χ1v) is 14.1. The van der Waals surface area contributed by atoms with Gasteiger partial charge in [-0.2, -0.15) is 9.78 Å². The number of nitrogens with zero attached hydrogens (tertiary/aromatic N) is 3. The second kappa shape index (κ2) is 12.1. The first-order chi connectivity index (χ1) is 18.9. The zero-order valence-electron chi connectivity index (χ0n) is 21.5. The predicted molar refractivity (Wildman–Crippen MR) is 159 cm³/mol. The Hall–Kier alpha value is -3.49. The highest BCUT2D eigenvalue weighted by Crippen LogP contribution is 2.33. The fourth-order valence-electron chi connectivity index (χ4n) is 4.86. The van der Waals surface area contributed by atoms with Gasteiger partial charge in [-0.25, -0.2) is 4.98 Å². The Morgan fingerprint density at radius 3 is 2.69 bits per heavy atom. The van der Waals surface area contributed by atoms with Crippen molar-refractivity contribution >= 4 is 56.2 Å². The molecule has 39 heavy (non-hydrogen) atoms. The van der Waals surface area contributed by atoms with Crippen molar-refractivity contribution in [2.45, 2.75) is 44.9 Å². The standard InChI is InChI=1S/C30H28BrClN4O3/c1-19-9-5-7-13-25(19)34-27(37)18-39-28-21(15-22(32)16-24(28)31)17-33-36-29(20-10-3-2-4-11-20)35-26-14-8-6-12-23(26)30(36)38/h5-9,12-17,20H,2-4,10-11,18H2,1H3,(H,34,37). The number of carbonyl (C=O) groups is 1. The summed E-state index contributed by atoms with van der Waals surface area (Å²) in [6.45, 7) is 1.70. The number of aryl methyl sites for hydroxylation is 1. The van der Waals surface area contributed by atoms with Gasteiger partial charge in [-0.1, -0.05) is 61.2 Å². The Labute approximate surface area is 240 Å². The van der Waals surface area contributed by atoms with Crippen molar-refractivity contribution in [3.8, 4) is 5.75 Å². The van der Waals surface area contributed by atoms with E-state index >= 15 is 0 Å². The zero-order chi connectivity index (χ0) is 27.4. The number of aromatic nitrogens is 2. The van der Waals surface area contributed by atoms with Gasteiger partial charge in [0, 0.05) is 22.2 Å². The number of halogens is 2. The van der Waals surface area contributed by atoms with Crippen LogP contribution in [0.25, 0.3) is 10.9 Å². The van der Waals surface area contributed by atoms with Crippen molar-refractivity contribution in [1.82, 2.24) is 9.66 Å². The minimum atomic E-state index is -0.302. The van der Waals surface area contributed by atoms with Crippen molar-refractivity contribution in [1.29, 1.82) is 0 Å². The van der Waals surface area contributed by atoms with Crippen LogP contribution in [-0.2, 0) is 4.79 Å². The van der Waals surface area contributed by atoms with Crippen LogP contribution in [-0.4, -0.2) is 28.4 Å². The van der Waals surface area contributed by atoms with Gasteiger partial charge >= 0.3 is 0 Å². The van der Waals surface area contributed by atoms with E-state index in [1.807, 2.05) is 49.4 Å². The van der Waals surface area contributed by atoms with Gasteiger partial charge in [0.15, 0.2) is 6.61 Å². The van der Waals surface area contributed by atoms with Gasteiger partial charge in [-0.05, 0) is 71.6 Å². The summed E-state index contributed by atoms with van der Waals surface area (Å²) < 4.78 is 7.89. The van der Waals surface area contributed by atoms with E-state index in [0.717, 1.165) is 36.9 Å². The summed E-state index contributed by atoms with van der Waals surface area (Å²) in [5.41, 5.74) is 2.64. The number of hydrogen-bond acceptors (Lipinski definition) is 5. The molecule has 1 saturated carbocycles. The van der Waals surface area contributed by atoms with E-state index in [2.05, 4.69) is 26.3 Å². The van der Waals surface area contributed by atoms with Crippen molar-refractivity contribution in [2.75, 3.05) is 11.9 Å². The minimum Gasteiger partial charge on any atom is -0.482 e. The first kappa shape index (κ1) is 27.1. The van der Waals surface area contributed by atoms with Crippen LogP contribution < -0.4 is 15.6 Å². The average Bonchev–Trinajstić information content (AvgIpc) is 2.93. The Kier molecular flexibility index (Phi) is 8.43. The summed E-state index contributed by atoms with van der Waals surface area (Å²) >= 11 is 9.84. The van der Waals surface area contributed by atoms with Crippen molar-refractivity contribution in [3.63, 3.8) is 0 Å². The maximum absolute atomic E-state index is 13.5. The normalized spacial score (nSPS) is 14.1. The number of anilines is 1. The molecule has 1 heterocycles. The molecule has 1 aromatic heterocycles. The van der Waals surface area contributed by atoms with Gasteiger partial charge in [0.1, 0.15) is 11.6 Å². The largest absolute Gasteiger partial charge is 0.482 e. The van der Waals surface area contributed by atoms with Crippen molar-refractivity contribution in [3.05, 3.63) is 97.5 Å². The Bertz CT molecular complexity index is 1610. The van der Waals surface area contributed by atoms with Gasteiger partial charge in [0.25, 0.3) is 11.5 Å². The molecule has 1 aliphatic rings. The number of hydrogen-bond donors (Lipinski definition) is 1. The number of fused-ring (bicyclic) bond motifs is 1. The van der Waals surface area contributed by atoms with Gasteiger partial charge in [0.05, 0.1) is 21.6 Å². The maximum atomic E-state index is 13.5. The molecule has 0 unspecified atom stereocenters. The van der Waals surface area contributed by atoms with Crippen LogP contribution in [0.4, 0.5) is 5.69 Å². The summed E-state index contributed by atoms with van der Waals surface area (Å²) in [4.78, 5) is 31.0. The second-order valence-electron chi connectivity index (χ2n) is 9.64. The molecule has 7 nitrogen and oxygen atoms in total. The predicted octanol–water partition coefficient (Wildman–Crippen LogP) is 7.07. The SMILES string of the molecule is Cc1ccccc1NC(=O)COc1c(Br)cc(Cl)cc1C=Nn1c(C2CCCCC2)nc2ccccc2c1=O. The van der Waals surface area contributed by atoms with Crippen LogP contribution in [0.5, 0.6) is 5.75 Å². The minimum absolute atomic E-state index is 0.153. The highest BCUT2D eigenvalue weighted by atomic mass is 79.9. The molecule has 3 aromatic carbocycles. The first-order valence-electron chi connectivity index (χ1n) is 12.9. The molecule has 5 rings (SSSR count). The molecule has 0 atom stereocenters. The molecule has 1 N–H and O–H groups in total. The van der Waals surface area contributed by atoms with Gasteiger partial charge < -0.3 is 10.1 Å². The monoisotopic (exact) mass is 606 g/mol. The number of ether oxygens (including phenoxy) is 1. The molecule has 0 radical (unpaired) electrons. The highest BCUT2D eigenvalue weighted by Gasteiger charge is 2.22. The maximum Gasteiger partial charge on any atom is 0.282 e. The lowest BCUT2D eigenvalue weighted by molar-refractivity contribution is -0.118. The van der Waals surface area contributed by atoms with Crippen LogP contribution >= 0.6 is 27.5 Å². The molecule has 1 aliphatic carbocycles. The number of rotatable bonds is 7. The van der Waals surface area contributed by atoms with Crippen molar-refractivity contribution < 1.29 is 9.53 Å². The van der Waals surface area contributed by atoms with E-state index in [1.54, 1.807) is 18.2 Å². The van der Waals surface area contributed by atoms with E-state index in [0.29, 0.717) is 37.5 Å². The number of carbonyl (C=O) groups excluding carboxylic acids is 1. The lowest BCUT2D eigenvalue weighted by Gasteiger charge is -2.22. The fourth-order valence-corrected chi connectivity index (χ4v) is 5.81. The third-order valence-corrected chi connectivity index (χ3v) is 7.67. The fraction of sp³-hybridized carbons (Fsp3) is 0.267. The lowest BCUT2D eigenvalue weighted by atomic mass is 9.88. The quantitative estimate of drug-likeness (QED) is 0.228. The third-order valence-electron chi connectivity index (χ3n) is 6.87. The highest BCUT2D eigenvalue weighted by molar-refractivity contribution is 9.10. The summed E-state index contributed by atoms with van der Waals surface area (Å²) in [5.74, 6) is 0.906. The van der Waals surface area contributed by atoms with Crippen LogP contribution in [0.3, 0.4) is 0 Å². The Morgan fingerprint density at radius 1 is 1.15 bits per heavy atom. The molecule has 200 valence electrons. The molecule has 0 spiro atoms. The summed E-state index contributed by atoms with van der Waals surface area (Å²) in [7, 11) is 0. The Balaban J connectivity index is 1.47. The molecule has 9 heteroatoms. The van der Waals surface area contributed by atoms with E-state index in [9.17, 15) is 9.59 Å².